The van der Waals surface area contributed by atoms with Crippen molar-refractivity contribution in [3.05, 3.63) is 101 Å². The molecule has 1 unspecified atom stereocenters. The van der Waals surface area contributed by atoms with Crippen molar-refractivity contribution in [2.75, 3.05) is 6.61 Å². The van der Waals surface area contributed by atoms with E-state index in [0.29, 0.717) is 12.5 Å². The van der Waals surface area contributed by atoms with E-state index in [1.165, 1.54) is 23.3 Å². The Morgan fingerprint density at radius 3 is 1.93 bits per heavy atom. The molecule has 1 atom stereocenters. The maximum atomic E-state index is 12.9. The molecule has 3 rings (SSSR count). The van der Waals surface area contributed by atoms with E-state index in [9.17, 15) is 4.39 Å². The molecule has 0 bridgehead atoms. The minimum absolute atomic E-state index is 0.210. The van der Waals surface area contributed by atoms with Gasteiger partial charge in [0.15, 0.2) is 0 Å². The number of rotatable bonds is 7. The number of ether oxygens (including phenoxy) is 1. The molecule has 3 aromatic rings. The van der Waals surface area contributed by atoms with Crippen molar-refractivity contribution in [1.82, 2.24) is 0 Å². The Morgan fingerprint density at radius 1 is 0.815 bits per heavy atom. The van der Waals surface area contributed by atoms with Crippen LogP contribution in [0, 0.1) is 5.82 Å². The third-order valence-corrected chi connectivity index (χ3v) is 4.62. The minimum atomic E-state index is -0.210. The molecule has 0 heterocycles. The Bertz CT molecular complexity index is 862. The zero-order valence-corrected chi connectivity index (χ0v) is 15.9. The highest BCUT2D eigenvalue weighted by atomic mass is 19.1. The van der Waals surface area contributed by atoms with Gasteiger partial charge in [0.05, 0.1) is 6.61 Å². The van der Waals surface area contributed by atoms with E-state index in [1.807, 2.05) is 31.2 Å². The van der Waals surface area contributed by atoms with Crippen LogP contribution < -0.4 is 4.74 Å². The summed E-state index contributed by atoms with van der Waals surface area (Å²) in [5, 5.41) is 0. The summed E-state index contributed by atoms with van der Waals surface area (Å²) in [5.41, 5.74) is 4.76. The normalized spacial score (nSPS) is 12.3. The summed E-state index contributed by atoms with van der Waals surface area (Å²) in [6.07, 6.45) is 5.04. The van der Waals surface area contributed by atoms with Gasteiger partial charge in [0, 0.05) is 0 Å². The first kappa shape index (κ1) is 18.9. The van der Waals surface area contributed by atoms with E-state index in [1.54, 1.807) is 12.1 Å². The third-order valence-electron chi connectivity index (χ3n) is 4.62. The molecule has 0 N–H and O–H groups in total. The van der Waals surface area contributed by atoms with Crippen molar-refractivity contribution in [3.8, 4) is 5.75 Å². The minimum Gasteiger partial charge on any atom is -0.494 e. The topological polar surface area (TPSA) is 9.23 Å². The quantitative estimate of drug-likeness (QED) is 0.424. The molecule has 0 amide bonds. The van der Waals surface area contributed by atoms with Gasteiger partial charge < -0.3 is 4.74 Å². The molecule has 0 aromatic heterocycles. The average molecular weight is 360 g/mol. The summed E-state index contributed by atoms with van der Waals surface area (Å²) in [6.45, 7) is 4.93. The fourth-order valence-electron chi connectivity index (χ4n) is 3.06. The smallest absolute Gasteiger partial charge is 0.123 e. The van der Waals surface area contributed by atoms with Gasteiger partial charge in [0.2, 0.25) is 0 Å². The second-order valence-corrected chi connectivity index (χ2v) is 6.73. The van der Waals surface area contributed by atoms with Gasteiger partial charge in [0.1, 0.15) is 11.6 Å². The van der Waals surface area contributed by atoms with E-state index in [2.05, 4.69) is 43.3 Å². The Morgan fingerprint density at radius 2 is 1.37 bits per heavy atom. The van der Waals surface area contributed by atoms with Gasteiger partial charge in [-0.2, -0.15) is 0 Å². The number of benzene rings is 3. The number of hydrogen-bond donors (Lipinski definition) is 0. The predicted octanol–water partition coefficient (Wildman–Crippen LogP) is 6.74. The first-order valence-electron chi connectivity index (χ1n) is 9.39. The largest absolute Gasteiger partial charge is 0.494 e. The van der Waals surface area contributed by atoms with Crippen LogP contribution in [0.4, 0.5) is 4.39 Å². The molecule has 0 spiro atoms. The van der Waals surface area contributed by atoms with Gasteiger partial charge in [-0.1, -0.05) is 67.6 Å². The fraction of sp³-hybridized carbons (Fsp3) is 0.200. The summed E-state index contributed by atoms with van der Waals surface area (Å²) in [5.74, 6) is 1.16. The molecule has 3 aromatic carbocycles. The fourth-order valence-corrected chi connectivity index (χ4v) is 3.06. The lowest BCUT2D eigenvalue weighted by Crippen LogP contribution is -1.99. The van der Waals surface area contributed by atoms with Crippen molar-refractivity contribution < 1.29 is 9.13 Å². The zero-order chi connectivity index (χ0) is 19.1. The summed E-state index contributed by atoms with van der Waals surface area (Å²) in [7, 11) is 0. The van der Waals surface area contributed by atoms with E-state index < -0.39 is 0 Å². The summed E-state index contributed by atoms with van der Waals surface area (Å²) in [4.78, 5) is 0. The maximum absolute atomic E-state index is 12.9. The highest BCUT2D eigenvalue weighted by Gasteiger charge is 2.07. The van der Waals surface area contributed by atoms with E-state index in [4.69, 9.17) is 4.74 Å². The van der Waals surface area contributed by atoms with Crippen LogP contribution in [0.5, 0.6) is 5.75 Å². The first-order chi connectivity index (χ1) is 13.1. The Kier molecular flexibility index (Phi) is 6.43. The molecular formula is C25H25FO. The first-order valence-corrected chi connectivity index (χ1v) is 9.39. The molecule has 0 fully saturated rings. The van der Waals surface area contributed by atoms with Crippen molar-refractivity contribution in [2.45, 2.75) is 26.2 Å². The van der Waals surface area contributed by atoms with Crippen molar-refractivity contribution in [3.63, 3.8) is 0 Å². The van der Waals surface area contributed by atoms with Crippen molar-refractivity contribution in [2.24, 2.45) is 0 Å². The van der Waals surface area contributed by atoms with Gasteiger partial charge in [-0.15, -0.1) is 0 Å². The molecule has 0 saturated heterocycles. The molecule has 0 aliphatic carbocycles. The predicted molar refractivity (Wildman–Crippen MR) is 112 cm³/mol. The number of hydrogen-bond acceptors (Lipinski definition) is 1. The van der Waals surface area contributed by atoms with Gasteiger partial charge in [0.25, 0.3) is 0 Å². The lowest BCUT2D eigenvalue weighted by atomic mass is 9.93. The van der Waals surface area contributed by atoms with Gasteiger partial charge >= 0.3 is 0 Å². The van der Waals surface area contributed by atoms with Crippen LogP contribution in [0.1, 0.15) is 42.0 Å². The van der Waals surface area contributed by atoms with Crippen LogP contribution in [-0.4, -0.2) is 6.61 Å². The summed E-state index contributed by atoms with van der Waals surface area (Å²) < 4.78 is 18.5. The van der Waals surface area contributed by atoms with Crippen LogP contribution in [0.15, 0.2) is 72.8 Å². The average Bonchev–Trinajstić information content (AvgIpc) is 2.69. The lowest BCUT2D eigenvalue weighted by molar-refractivity contribution is 0.340. The van der Waals surface area contributed by atoms with E-state index >= 15 is 0 Å². The van der Waals surface area contributed by atoms with Crippen molar-refractivity contribution in [1.29, 1.82) is 0 Å². The highest BCUT2D eigenvalue weighted by molar-refractivity contribution is 5.69. The molecule has 2 heteroatoms. The summed E-state index contributed by atoms with van der Waals surface area (Å²) in [6, 6.07) is 23.5. The van der Waals surface area contributed by atoms with Crippen LogP contribution in [0.3, 0.4) is 0 Å². The second kappa shape index (κ2) is 9.18. The maximum Gasteiger partial charge on any atom is 0.123 e. The Hall–Kier alpha value is -2.87. The number of halogens is 1. The Labute approximate surface area is 161 Å². The molecule has 0 aliphatic heterocycles. The SMILES string of the molecule is CCOc1ccc(C(C)Cc2ccc(/C=C/c3ccc(F)cc3)cc2)cc1. The molecule has 138 valence electrons. The zero-order valence-electron chi connectivity index (χ0n) is 15.9. The third kappa shape index (κ3) is 5.55. The molecule has 27 heavy (non-hydrogen) atoms. The molecule has 0 radical (unpaired) electrons. The lowest BCUT2D eigenvalue weighted by Gasteiger charge is -2.13. The van der Waals surface area contributed by atoms with Crippen LogP contribution in [0.2, 0.25) is 0 Å². The molecule has 1 nitrogen and oxygen atoms in total. The van der Waals surface area contributed by atoms with E-state index in [0.717, 1.165) is 23.3 Å². The molecule has 0 saturated carbocycles. The highest BCUT2D eigenvalue weighted by Crippen LogP contribution is 2.23. The van der Waals surface area contributed by atoms with Gasteiger partial charge in [-0.25, -0.2) is 4.39 Å². The second-order valence-electron chi connectivity index (χ2n) is 6.73. The molecule has 0 aliphatic rings. The van der Waals surface area contributed by atoms with Crippen LogP contribution in [-0.2, 0) is 6.42 Å². The van der Waals surface area contributed by atoms with Crippen LogP contribution in [0.25, 0.3) is 12.2 Å². The monoisotopic (exact) mass is 360 g/mol. The van der Waals surface area contributed by atoms with Crippen LogP contribution >= 0.6 is 0 Å². The standard InChI is InChI=1S/C25H25FO/c1-3-27-25-16-12-23(13-17-25)19(2)18-22-8-6-20(7-9-22)4-5-21-10-14-24(26)15-11-21/h4-17,19H,3,18H2,1-2H3/b5-4+. The Balaban J connectivity index is 1.60. The van der Waals surface area contributed by atoms with Gasteiger partial charge in [-0.05, 0) is 65.8 Å². The van der Waals surface area contributed by atoms with Crippen molar-refractivity contribution >= 4 is 12.2 Å². The molecular weight excluding hydrogens is 335 g/mol. The summed E-state index contributed by atoms with van der Waals surface area (Å²) >= 11 is 0. The van der Waals surface area contributed by atoms with Gasteiger partial charge in [-0.3, -0.25) is 0 Å². The van der Waals surface area contributed by atoms with E-state index in [-0.39, 0.29) is 5.82 Å².